The molecule has 94 valence electrons. The van der Waals surface area contributed by atoms with Gasteiger partial charge in [-0.15, -0.1) is 0 Å². The third-order valence-electron chi connectivity index (χ3n) is 2.84. The molecule has 0 bridgehead atoms. The summed E-state index contributed by atoms with van der Waals surface area (Å²) in [5.41, 5.74) is 0.781. The lowest BCUT2D eigenvalue weighted by Crippen LogP contribution is -2.23. The van der Waals surface area contributed by atoms with Crippen LogP contribution in [0.4, 0.5) is 8.78 Å². The zero-order valence-electron chi connectivity index (χ0n) is 10.1. The summed E-state index contributed by atoms with van der Waals surface area (Å²) in [4.78, 5) is 10.8. The first-order valence-electron chi connectivity index (χ1n) is 5.35. The number of aryl methyl sites for hydroxylation is 1. The molecule has 0 heterocycles. The molecule has 0 aliphatic rings. The van der Waals surface area contributed by atoms with Crippen LogP contribution < -0.4 is 0 Å². The number of aliphatic carboxylic acids is 1. The van der Waals surface area contributed by atoms with E-state index in [4.69, 9.17) is 5.11 Å². The van der Waals surface area contributed by atoms with Crippen LogP contribution in [0.3, 0.4) is 0 Å². The van der Waals surface area contributed by atoms with Crippen LogP contribution in [-0.2, 0) is 10.2 Å². The van der Waals surface area contributed by atoms with E-state index in [1.165, 1.54) is 12.1 Å². The number of carboxylic acid groups (broad SMARTS) is 1. The topological polar surface area (TPSA) is 37.3 Å². The fraction of sp³-hybridized carbons (Fsp3) is 0.462. The van der Waals surface area contributed by atoms with Crippen LogP contribution >= 0.6 is 0 Å². The SMILES string of the molecule is Cc1ccc(C(F)F)cc1C(C)(C)CC(=O)O. The van der Waals surface area contributed by atoms with Crippen molar-refractivity contribution in [2.45, 2.75) is 39.0 Å². The highest BCUT2D eigenvalue weighted by Crippen LogP contribution is 2.32. The van der Waals surface area contributed by atoms with E-state index in [1.54, 1.807) is 26.8 Å². The maximum atomic E-state index is 12.6. The molecule has 1 aromatic rings. The third-order valence-corrected chi connectivity index (χ3v) is 2.84. The zero-order valence-corrected chi connectivity index (χ0v) is 10.1. The van der Waals surface area contributed by atoms with Gasteiger partial charge in [-0.3, -0.25) is 4.79 Å². The number of carbonyl (C=O) groups is 1. The Morgan fingerprint density at radius 2 is 2.00 bits per heavy atom. The molecule has 17 heavy (non-hydrogen) atoms. The first-order chi connectivity index (χ1) is 7.74. The molecule has 0 aromatic heterocycles. The number of rotatable bonds is 4. The quantitative estimate of drug-likeness (QED) is 0.874. The van der Waals surface area contributed by atoms with Crippen molar-refractivity contribution in [2.24, 2.45) is 0 Å². The van der Waals surface area contributed by atoms with Crippen molar-refractivity contribution in [1.82, 2.24) is 0 Å². The highest BCUT2D eigenvalue weighted by molar-refractivity contribution is 5.69. The van der Waals surface area contributed by atoms with Gasteiger partial charge in [0, 0.05) is 11.0 Å². The molecule has 0 aliphatic heterocycles. The second kappa shape index (κ2) is 4.82. The molecule has 0 aliphatic carbocycles. The molecule has 0 saturated heterocycles. The zero-order chi connectivity index (χ0) is 13.2. The Hall–Kier alpha value is -1.45. The second-order valence-electron chi connectivity index (χ2n) is 4.83. The minimum absolute atomic E-state index is 0.0657. The van der Waals surface area contributed by atoms with Crippen LogP contribution in [0.25, 0.3) is 0 Å². The summed E-state index contributed by atoms with van der Waals surface area (Å²) in [7, 11) is 0. The first kappa shape index (κ1) is 13.6. The van der Waals surface area contributed by atoms with E-state index in [0.29, 0.717) is 5.56 Å². The van der Waals surface area contributed by atoms with Crippen LogP contribution in [0.1, 0.15) is 43.4 Å². The molecule has 2 nitrogen and oxygen atoms in total. The predicted octanol–water partition coefficient (Wildman–Crippen LogP) is 3.68. The molecule has 0 amide bonds. The van der Waals surface area contributed by atoms with Gasteiger partial charge in [0.2, 0.25) is 0 Å². The van der Waals surface area contributed by atoms with Crippen LogP contribution in [-0.4, -0.2) is 11.1 Å². The molecule has 0 fully saturated rings. The van der Waals surface area contributed by atoms with E-state index in [-0.39, 0.29) is 12.0 Å². The Labute approximate surface area is 99.3 Å². The summed E-state index contributed by atoms with van der Waals surface area (Å²) in [6, 6.07) is 4.39. The lowest BCUT2D eigenvalue weighted by Gasteiger charge is -2.25. The van der Waals surface area contributed by atoms with E-state index in [0.717, 1.165) is 5.56 Å². The molecule has 0 radical (unpaired) electrons. The lowest BCUT2D eigenvalue weighted by molar-refractivity contribution is -0.138. The maximum absolute atomic E-state index is 12.6. The summed E-state index contributed by atoms with van der Waals surface area (Å²) in [6.07, 6.45) is -2.62. The van der Waals surface area contributed by atoms with Crippen molar-refractivity contribution in [1.29, 1.82) is 0 Å². The van der Waals surface area contributed by atoms with Gasteiger partial charge < -0.3 is 5.11 Å². The van der Waals surface area contributed by atoms with Gasteiger partial charge >= 0.3 is 5.97 Å². The molecule has 0 unspecified atom stereocenters. The van der Waals surface area contributed by atoms with Gasteiger partial charge in [-0.1, -0.05) is 26.0 Å². The molecule has 1 aromatic carbocycles. The van der Waals surface area contributed by atoms with E-state index < -0.39 is 17.8 Å². The van der Waals surface area contributed by atoms with Gasteiger partial charge in [0.1, 0.15) is 0 Å². The standard InChI is InChI=1S/C13H16F2O2/c1-8-4-5-9(12(14)15)6-10(8)13(2,3)7-11(16)17/h4-6,12H,7H2,1-3H3,(H,16,17). The van der Waals surface area contributed by atoms with E-state index in [9.17, 15) is 13.6 Å². The molecule has 1 N–H and O–H groups in total. The number of benzene rings is 1. The normalized spacial score (nSPS) is 11.9. The van der Waals surface area contributed by atoms with Gasteiger partial charge in [-0.05, 0) is 24.1 Å². The highest BCUT2D eigenvalue weighted by atomic mass is 19.3. The van der Waals surface area contributed by atoms with Crippen molar-refractivity contribution in [3.63, 3.8) is 0 Å². The Balaban J connectivity index is 3.19. The average molecular weight is 242 g/mol. The average Bonchev–Trinajstić information content (AvgIpc) is 2.15. The molecule has 4 heteroatoms. The number of hydrogen-bond donors (Lipinski definition) is 1. The Bertz CT molecular complexity index is 425. The van der Waals surface area contributed by atoms with Gasteiger partial charge in [0.05, 0.1) is 6.42 Å². The number of halogens is 2. The first-order valence-corrected chi connectivity index (χ1v) is 5.35. The number of alkyl halides is 2. The molecule has 0 atom stereocenters. The molecule has 1 rings (SSSR count). The van der Waals surface area contributed by atoms with Gasteiger partial charge in [-0.2, -0.15) is 0 Å². The lowest BCUT2D eigenvalue weighted by atomic mass is 9.79. The summed E-state index contributed by atoms with van der Waals surface area (Å²) < 4.78 is 25.2. The smallest absolute Gasteiger partial charge is 0.304 e. The summed E-state index contributed by atoms with van der Waals surface area (Å²) in [5.74, 6) is -0.933. The largest absolute Gasteiger partial charge is 0.481 e. The van der Waals surface area contributed by atoms with E-state index >= 15 is 0 Å². The highest BCUT2D eigenvalue weighted by Gasteiger charge is 2.26. The van der Waals surface area contributed by atoms with E-state index in [2.05, 4.69) is 0 Å². The van der Waals surface area contributed by atoms with Crippen LogP contribution in [0.15, 0.2) is 18.2 Å². The van der Waals surface area contributed by atoms with Crippen LogP contribution in [0.2, 0.25) is 0 Å². The number of carboxylic acids is 1. The van der Waals surface area contributed by atoms with Crippen molar-refractivity contribution in [3.8, 4) is 0 Å². The summed E-state index contributed by atoms with van der Waals surface area (Å²) >= 11 is 0. The van der Waals surface area contributed by atoms with Crippen LogP contribution in [0, 0.1) is 6.92 Å². The minimum Gasteiger partial charge on any atom is -0.481 e. The third kappa shape index (κ3) is 3.25. The Morgan fingerprint density at radius 1 is 1.41 bits per heavy atom. The maximum Gasteiger partial charge on any atom is 0.304 e. The van der Waals surface area contributed by atoms with Crippen molar-refractivity contribution < 1.29 is 18.7 Å². The minimum atomic E-state index is -2.53. The van der Waals surface area contributed by atoms with Gasteiger partial charge in [0.15, 0.2) is 0 Å². The van der Waals surface area contributed by atoms with Crippen LogP contribution in [0.5, 0.6) is 0 Å². The van der Waals surface area contributed by atoms with E-state index in [1.807, 2.05) is 0 Å². The fourth-order valence-electron chi connectivity index (χ4n) is 1.98. The molecule has 0 spiro atoms. The predicted molar refractivity (Wildman–Crippen MR) is 61.4 cm³/mol. The summed E-state index contributed by atoms with van der Waals surface area (Å²) in [5, 5.41) is 8.83. The molecular weight excluding hydrogens is 226 g/mol. The van der Waals surface area contributed by atoms with Crippen molar-refractivity contribution in [3.05, 3.63) is 34.9 Å². The monoisotopic (exact) mass is 242 g/mol. The molecular formula is C13H16F2O2. The summed E-state index contributed by atoms with van der Waals surface area (Å²) in [6.45, 7) is 5.30. The van der Waals surface area contributed by atoms with Gasteiger partial charge in [-0.25, -0.2) is 8.78 Å². The Kier molecular flexibility index (Phi) is 3.86. The van der Waals surface area contributed by atoms with Crippen molar-refractivity contribution in [2.75, 3.05) is 0 Å². The van der Waals surface area contributed by atoms with Gasteiger partial charge in [0.25, 0.3) is 6.43 Å². The second-order valence-corrected chi connectivity index (χ2v) is 4.83. The Morgan fingerprint density at radius 3 is 2.47 bits per heavy atom. The van der Waals surface area contributed by atoms with Crippen molar-refractivity contribution >= 4 is 5.97 Å². The molecule has 0 saturated carbocycles. The number of hydrogen-bond acceptors (Lipinski definition) is 1. The fourth-order valence-corrected chi connectivity index (χ4v) is 1.98.